The summed E-state index contributed by atoms with van der Waals surface area (Å²) in [5, 5.41) is 5.73. The number of anilines is 1. The lowest BCUT2D eigenvalue weighted by molar-refractivity contribution is 0.0932. The van der Waals surface area contributed by atoms with Gasteiger partial charge < -0.3 is 15.4 Å². The van der Waals surface area contributed by atoms with Crippen LogP contribution in [0.2, 0.25) is 0 Å². The van der Waals surface area contributed by atoms with Gasteiger partial charge in [-0.15, -0.1) is 6.58 Å². The summed E-state index contributed by atoms with van der Waals surface area (Å²) in [4.78, 5) is 20.1. The van der Waals surface area contributed by atoms with E-state index >= 15 is 0 Å². The van der Waals surface area contributed by atoms with E-state index in [0.29, 0.717) is 37.0 Å². The molecule has 98 valence electrons. The van der Waals surface area contributed by atoms with Crippen molar-refractivity contribution in [3.63, 3.8) is 0 Å². The van der Waals surface area contributed by atoms with Crippen LogP contribution in [0, 0.1) is 6.92 Å². The van der Waals surface area contributed by atoms with E-state index in [4.69, 9.17) is 4.74 Å². The van der Waals surface area contributed by atoms with Crippen LogP contribution >= 0.6 is 0 Å². The summed E-state index contributed by atoms with van der Waals surface area (Å²) in [6.07, 6.45) is 1.72. The van der Waals surface area contributed by atoms with Gasteiger partial charge in [0.2, 0.25) is 0 Å². The van der Waals surface area contributed by atoms with Crippen LogP contribution in [0.25, 0.3) is 0 Å². The number of aromatic nitrogens is 2. The van der Waals surface area contributed by atoms with Crippen LogP contribution in [0.4, 0.5) is 5.82 Å². The number of carbonyl (C=O) groups is 1. The molecular formula is C12H18N4O2. The quantitative estimate of drug-likeness (QED) is 0.552. The van der Waals surface area contributed by atoms with Crippen LogP contribution in [-0.2, 0) is 4.74 Å². The molecule has 0 atom stereocenters. The first kappa shape index (κ1) is 14.1. The zero-order valence-corrected chi connectivity index (χ0v) is 10.7. The zero-order valence-electron chi connectivity index (χ0n) is 10.7. The van der Waals surface area contributed by atoms with Gasteiger partial charge >= 0.3 is 0 Å². The van der Waals surface area contributed by atoms with Crippen molar-refractivity contribution in [3.8, 4) is 0 Å². The molecule has 0 spiro atoms. The van der Waals surface area contributed by atoms with Gasteiger partial charge in [0.1, 0.15) is 17.3 Å². The van der Waals surface area contributed by atoms with E-state index in [-0.39, 0.29) is 5.91 Å². The first-order valence-corrected chi connectivity index (χ1v) is 5.65. The lowest BCUT2D eigenvalue weighted by Gasteiger charge is -2.07. The molecule has 0 saturated carbocycles. The van der Waals surface area contributed by atoms with Gasteiger partial charge in [-0.3, -0.25) is 4.79 Å². The Hall–Kier alpha value is -1.95. The average molecular weight is 250 g/mol. The molecule has 0 aliphatic carbocycles. The van der Waals surface area contributed by atoms with Crippen molar-refractivity contribution in [2.24, 2.45) is 0 Å². The maximum atomic E-state index is 11.8. The van der Waals surface area contributed by atoms with Crippen molar-refractivity contribution in [3.05, 3.63) is 30.2 Å². The van der Waals surface area contributed by atoms with Gasteiger partial charge in [0.25, 0.3) is 5.91 Å². The molecule has 1 rings (SSSR count). The zero-order chi connectivity index (χ0) is 13.4. The number of carbonyl (C=O) groups excluding carboxylic acids is 1. The number of rotatable bonds is 7. The molecule has 0 fully saturated rings. The maximum absolute atomic E-state index is 11.8. The molecule has 0 saturated heterocycles. The highest BCUT2D eigenvalue weighted by molar-refractivity contribution is 5.92. The molecule has 6 heteroatoms. The minimum Gasteiger partial charge on any atom is -0.383 e. The van der Waals surface area contributed by atoms with E-state index in [1.165, 1.54) is 0 Å². The Morgan fingerprint density at radius 1 is 1.56 bits per heavy atom. The third-order valence-corrected chi connectivity index (χ3v) is 2.09. The fourth-order valence-corrected chi connectivity index (χ4v) is 1.31. The van der Waals surface area contributed by atoms with Crippen LogP contribution < -0.4 is 10.6 Å². The number of nitrogens with zero attached hydrogens (tertiary/aromatic N) is 2. The molecule has 1 aromatic rings. The number of hydrogen-bond acceptors (Lipinski definition) is 5. The minimum absolute atomic E-state index is 0.237. The fraction of sp³-hybridized carbons (Fsp3) is 0.417. The smallest absolute Gasteiger partial charge is 0.270 e. The summed E-state index contributed by atoms with van der Waals surface area (Å²) in [6, 6.07) is 1.61. The van der Waals surface area contributed by atoms with Crippen LogP contribution in [0.1, 0.15) is 16.3 Å². The summed E-state index contributed by atoms with van der Waals surface area (Å²) in [5.41, 5.74) is 0.338. The van der Waals surface area contributed by atoms with Gasteiger partial charge in [0.05, 0.1) is 6.61 Å². The molecular weight excluding hydrogens is 232 g/mol. The standard InChI is InChI=1S/C12H18N4O2/c1-4-5-13-11-8-10(15-9(2)16-11)12(17)14-6-7-18-3/h4,8H,1,5-7H2,2-3H3,(H,14,17)(H,13,15,16). The number of amides is 1. The van der Waals surface area contributed by atoms with Crippen molar-refractivity contribution >= 4 is 11.7 Å². The van der Waals surface area contributed by atoms with E-state index < -0.39 is 0 Å². The Kier molecular flexibility index (Phi) is 5.79. The second kappa shape index (κ2) is 7.39. The van der Waals surface area contributed by atoms with Gasteiger partial charge in [0.15, 0.2) is 0 Å². The van der Waals surface area contributed by atoms with E-state index in [2.05, 4.69) is 27.2 Å². The second-order valence-electron chi connectivity index (χ2n) is 3.60. The largest absolute Gasteiger partial charge is 0.383 e. The van der Waals surface area contributed by atoms with Gasteiger partial charge in [-0.1, -0.05) is 6.08 Å². The summed E-state index contributed by atoms with van der Waals surface area (Å²) >= 11 is 0. The fourth-order valence-electron chi connectivity index (χ4n) is 1.31. The molecule has 0 bridgehead atoms. The van der Waals surface area contributed by atoms with Crippen LogP contribution in [-0.4, -0.2) is 42.7 Å². The molecule has 0 aromatic carbocycles. The third-order valence-electron chi connectivity index (χ3n) is 2.09. The Balaban J connectivity index is 2.71. The van der Waals surface area contributed by atoms with Gasteiger partial charge in [-0.25, -0.2) is 9.97 Å². The number of methoxy groups -OCH3 is 1. The highest BCUT2D eigenvalue weighted by Gasteiger charge is 2.09. The molecule has 0 aliphatic rings. The Morgan fingerprint density at radius 3 is 3.00 bits per heavy atom. The summed E-state index contributed by atoms with van der Waals surface area (Å²) < 4.78 is 4.86. The summed E-state index contributed by atoms with van der Waals surface area (Å²) in [6.45, 7) is 6.85. The number of aryl methyl sites for hydroxylation is 1. The van der Waals surface area contributed by atoms with Crippen molar-refractivity contribution in [1.82, 2.24) is 15.3 Å². The van der Waals surface area contributed by atoms with Crippen molar-refractivity contribution < 1.29 is 9.53 Å². The molecule has 2 N–H and O–H groups in total. The monoisotopic (exact) mass is 250 g/mol. The van der Waals surface area contributed by atoms with Crippen LogP contribution in [0.15, 0.2) is 18.7 Å². The summed E-state index contributed by atoms with van der Waals surface area (Å²) in [7, 11) is 1.58. The SMILES string of the molecule is C=CCNc1cc(C(=O)NCCOC)nc(C)n1. The Labute approximate surface area is 106 Å². The molecule has 0 aliphatic heterocycles. The van der Waals surface area contributed by atoms with Gasteiger partial charge in [-0.05, 0) is 6.92 Å². The van der Waals surface area contributed by atoms with Crippen LogP contribution in [0.5, 0.6) is 0 Å². The Bertz CT molecular complexity index is 421. The van der Waals surface area contributed by atoms with E-state index in [1.807, 2.05) is 0 Å². The third kappa shape index (κ3) is 4.50. The number of nitrogens with one attached hydrogen (secondary N) is 2. The highest BCUT2D eigenvalue weighted by Crippen LogP contribution is 2.06. The summed E-state index contributed by atoms with van der Waals surface area (Å²) in [5.74, 6) is 0.916. The second-order valence-corrected chi connectivity index (χ2v) is 3.60. The maximum Gasteiger partial charge on any atom is 0.270 e. The van der Waals surface area contributed by atoms with Gasteiger partial charge in [-0.2, -0.15) is 0 Å². The molecule has 0 unspecified atom stereocenters. The van der Waals surface area contributed by atoms with Crippen molar-refractivity contribution in [1.29, 1.82) is 0 Å². The number of ether oxygens (including phenoxy) is 1. The van der Waals surface area contributed by atoms with Crippen LogP contribution in [0.3, 0.4) is 0 Å². The van der Waals surface area contributed by atoms with E-state index in [1.54, 1.807) is 26.2 Å². The first-order chi connectivity index (χ1) is 8.67. The molecule has 1 heterocycles. The predicted molar refractivity (Wildman–Crippen MR) is 69.7 cm³/mol. The molecule has 18 heavy (non-hydrogen) atoms. The van der Waals surface area contributed by atoms with Crippen molar-refractivity contribution in [2.45, 2.75) is 6.92 Å². The predicted octanol–water partition coefficient (Wildman–Crippen LogP) is 0.759. The topological polar surface area (TPSA) is 76.1 Å². The van der Waals surface area contributed by atoms with E-state index in [9.17, 15) is 4.79 Å². The molecule has 1 aromatic heterocycles. The van der Waals surface area contributed by atoms with E-state index in [0.717, 1.165) is 0 Å². The lowest BCUT2D eigenvalue weighted by Crippen LogP contribution is -2.28. The number of hydrogen-bond donors (Lipinski definition) is 2. The Morgan fingerprint density at radius 2 is 2.33 bits per heavy atom. The van der Waals surface area contributed by atoms with Crippen molar-refractivity contribution in [2.75, 3.05) is 32.1 Å². The first-order valence-electron chi connectivity index (χ1n) is 5.65. The van der Waals surface area contributed by atoms with Gasteiger partial charge in [0, 0.05) is 26.3 Å². The lowest BCUT2D eigenvalue weighted by atomic mass is 10.3. The average Bonchev–Trinajstić information content (AvgIpc) is 2.36. The minimum atomic E-state index is -0.237. The highest BCUT2D eigenvalue weighted by atomic mass is 16.5. The normalized spacial score (nSPS) is 9.89. The molecule has 6 nitrogen and oxygen atoms in total. The molecule has 1 amide bonds. The molecule has 0 radical (unpaired) electrons.